The van der Waals surface area contributed by atoms with Gasteiger partial charge in [0.05, 0.1) is 12.8 Å². The molecule has 0 aliphatic heterocycles. The molecule has 32 heavy (non-hydrogen) atoms. The number of methoxy groups -OCH3 is 1. The van der Waals surface area contributed by atoms with E-state index in [1.165, 1.54) is 16.8 Å². The molecule has 0 saturated heterocycles. The van der Waals surface area contributed by atoms with Gasteiger partial charge in [-0.2, -0.15) is 17.7 Å². The fourth-order valence-electron chi connectivity index (χ4n) is 4.09. The number of nitrogens with zero attached hydrogens (tertiary/aromatic N) is 5. The minimum absolute atomic E-state index is 0.108. The molecule has 11 heteroatoms. The Kier molecular flexibility index (Phi) is 4.66. The number of hydrogen-bond acceptors (Lipinski definition) is 7. The number of rotatable bonds is 4. The first kappa shape index (κ1) is 20.4. The predicted octanol–water partition coefficient (Wildman–Crippen LogP) is 3.49. The zero-order chi connectivity index (χ0) is 22.6. The Balaban J connectivity index is 1.37. The van der Waals surface area contributed by atoms with E-state index in [2.05, 4.69) is 15.1 Å². The number of pyridine rings is 1. The van der Waals surface area contributed by atoms with Gasteiger partial charge in [0.15, 0.2) is 11.5 Å². The lowest BCUT2D eigenvalue weighted by Gasteiger charge is -2.33. The number of ether oxygens (including phenoxy) is 1. The Bertz CT molecular complexity index is 1300. The van der Waals surface area contributed by atoms with Crippen molar-refractivity contribution in [2.45, 2.75) is 36.9 Å². The zero-order valence-electron chi connectivity index (χ0n) is 17.0. The maximum atomic E-state index is 12.8. The van der Waals surface area contributed by atoms with Crippen LogP contribution < -0.4 is 16.2 Å². The van der Waals surface area contributed by atoms with Gasteiger partial charge in [-0.05, 0) is 42.5 Å². The van der Waals surface area contributed by atoms with Gasteiger partial charge in [-0.15, -0.1) is 5.10 Å². The summed E-state index contributed by atoms with van der Waals surface area (Å²) in [4.78, 5) is 13.0. The molecule has 1 aliphatic carbocycles. The first-order chi connectivity index (χ1) is 15.3. The number of benzene rings is 1. The van der Waals surface area contributed by atoms with Gasteiger partial charge in [-0.3, -0.25) is 4.98 Å². The largest absolute Gasteiger partial charge is 0.494 e. The molecule has 0 bridgehead atoms. The minimum atomic E-state index is -4.52. The van der Waals surface area contributed by atoms with Crippen molar-refractivity contribution in [3.63, 3.8) is 0 Å². The van der Waals surface area contributed by atoms with E-state index >= 15 is 0 Å². The van der Waals surface area contributed by atoms with Crippen molar-refractivity contribution in [1.82, 2.24) is 24.6 Å². The minimum Gasteiger partial charge on any atom is -0.494 e. The number of alkyl halides is 3. The zero-order valence-corrected chi connectivity index (χ0v) is 17.0. The average Bonchev–Trinajstić information content (AvgIpc) is 3.17. The maximum Gasteiger partial charge on any atom is 0.409 e. The van der Waals surface area contributed by atoms with Gasteiger partial charge in [0.2, 0.25) is 5.95 Å². The quantitative estimate of drug-likeness (QED) is 0.496. The number of anilines is 1. The fourth-order valence-corrected chi connectivity index (χ4v) is 4.09. The molecular weight excluding hydrogens is 423 g/mol. The molecule has 166 valence electrons. The van der Waals surface area contributed by atoms with Crippen LogP contribution in [0.4, 0.5) is 19.1 Å². The molecule has 0 amide bonds. The number of nitrogens with two attached hydrogens (primary N) is 2. The van der Waals surface area contributed by atoms with Crippen molar-refractivity contribution in [3.05, 3.63) is 53.6 Å². The normalized spacial score (nSPS) is 19.8. The van der Waals surface area contributed by atoms with Gasteiger partial charge in [0, 0.05) is 17.5 Å². The summed E-state index contributed by atoms with van der Waals surface area (Å²) in [5, 5.41) is 5.34. The van der Waals surface area contributed by atoms with Gasteiger partial charge in [0.1, 0.15) is 17.3 Å². The SMILES string of the molecule is COc1cccc2c1nc(N)n1nc(C3CC(c4ccc(C(N)C(F)(F)F)nc4)C3)nc21. The van der Waals surface area contributed by atoms with Crippen LogP contribution in [0.15, 0.2) is 36.5 Å². The highest BCUT2D eigenvalue weighted by Gasteiger charge is 2.39. The lowest BCUT2D eigenvalue weighted by Crippen LogP contribution is -2.29. The summed E-state index contributed by atoms with van der Waals surface area (Å²) < 4.78 is 45.2. The molecule has 3 heterocycles. The van der Waals surface area contributed by atoms with E-state index in [1.807, 2.05) is 12.1 Å². The number of fused-ring (bicyclic) bond motifs is 3. The Morgan fingerprint density at radius 3 is 2.56 bits per heavy atom. The number of halogens is 3. The molecule has 8 nitrogen and oxygen atoms in total. The van der Waals surface area contributed by atoms with E-state index in [-0.39, 0.29) is 23.5 Å². The number of hydrogen-bond donors (Lipinski definition) is 2. The van der Waals surface area contributed by atoms with E-state index in [1.54, 1.807) is 19.2 Å². The first-order valence-corrected chi connectivity index (χ1v) is 10.0. The third-order valence-corrected chi connectivity index (χ3v) is 5.98. The number of nitrogen functional groups attached to an aromatic ring is 1. The van der Waals surface area contributed by atoms with Crippen molar-refractivity contribution < 1.29 is 17.9 Å². The van der Waals surface area contributed by atoms with E-state index < -0.39 is 12.2 Å². The van der Waals surface area contributed by atoms with Crippen LogP contribution in [0.2, 0.25) is 0 Å². The molecule has 0 spiro atoms. The Morgan fingerprint density at radius 1 is 1.12 bits per heavy atom. The Labute approximate surface area is 180 Å². The second-order valence-corrected chi connectivity index (χ2v) is 7.93. The summed E-state index contributed by atoms with van der Waals surface area (Å²) in [6.45, 7) is 0. The van der Waals surface area contributed by atoms with Gasteiger partial charge < -0.3 is 16.2 Å². The smallest absolute Gasteiger partial charge is 0.409 e. The summed E-state index contributed by atoms with van der Waals surface area (Å²) in [6, 6.07) is 6.47. The topological polar surface area (TPSA) is 117 Å². The molecule has 5 rings (SSSR count). The summed E-state index contributed by atoms with van der Waals surface area (Å²) in [5.74, 6) is 1.76. The van der Waals surface area contributed by atoms with Crippen molar-refractivity contribution in [2.24, 2.45) is 5.73 Å². The van der Waals surface area contributed by atoms with Crippen molar-refractivity contribution in [1.29, 1.82) is 0 Å². The van der Waals surface area contributed by atoms with Crippen LogP contribution in [-0.2, 0) is 0 Å². The van der Waals surface area contributed by atoms with Crippen LogP contribution in [0, 0.1) is 0 Å². The molecule has 1 unspecified atom stereocenters. The number of para-hydroxylation sites is 1. The van der Waals surface area contributed by atoms with Crippen LogP contribution in [-0.4, -0.2) is 37.9 Å². The third-order valence-electron chi connectivity index (χ3n) is 5.98. The summed E-state index contributed by atoms with van der Waals surface area (Å²) in [6.07, 6.45) is -1.52. The van der Waals surface area contributed by atoms with Crippen LogP contribution in [0.3, 0.4) is 0 Å². The second kappa shape index (κ2) is 7.30. The predicted molar refractivity (Wildman–Crippen MR) is 111 cm³/mol. The monoisotopic (exact) mass is 443 g/mol. The molecule has 4 aromatic rings. The highest BCUT2D eigenvalue weighted by atomic mass is 19.4. The Hall–Kier alpha value is -3.47. The van der Waals surface area contributed by atoms with E-state index in [0.717, 1.165) is 23.8 Å². The molecule has 4 N–H and O–H groups in total. The van der Waals surface area contributed by atoms with Crippen LogP contribution in [0.1, 0.15) is 47.8 Å². The summed E-state index contributed by atoms with van der Waals surface area (Å²) in [7, 11) is 1.57. The highest BCUT2D eigenvalue weighted by Crippen LogP contribution is 2.47. The third kappa shape index (κ3) is 3.29. The van der Waals surface area contributed by atoms with Gasteiger partial charge >= 0.3 is 6.18 Å². The molecule has 1 aromatic carbocycles. The molecule has 3 aromatic heterocycles. The Morgan fingerprint density at radius 2 is 1.91 bits per heavy atom. The van der Waals surface area contributed by atoms with E-state index in [4.69, 9.17) is 21.2 Å². The van der Waals surface area contributed by atoms with Crippen LogP contribution in [0.25, 0.3) is 16.6 Å². The van der Waals surface area contributed by atoms with Gasteiger partial charge in [0.25, 0.3) is 0 Å². The second-order valence-electron chi connectivity index (χ2n) is 7.93. The summed E-state index contributed by atoms with van der Waals surface area (Å²) >= 11 is 0. The van der Waals surface area contributed by atoms with Crippen molar-refractivity contribution in [3.8, 4) is 5.75 Å². The fraction of sp³-hybridized carbons (Fsp3) is 0.333. The van der Waals surface area contributed by atoms with Crippen LogP contribution in [0.5, 0.6) is 5.75 Å². The standard InChI is InChI=1S/C21H20F3N7O/c1-32-15-4-2-3-13-16(15)28-20(26)31-19(13)29-18(30-31)12-7-11(8-12)10-5-6-14(27-9-10)17(25)21(22,23)24/h2-6,9,11-12,17H,7-8,25H2,1H3,(H2,26,28). The van der Waals surface area contributed by atoms with Gasteiger partial charge in [-0.1, -0.05) is 12.1 Å². The van der Waals surface area contributed by atoms with Crippen molar-refractivity contribution >= 4 is 22.5 Å². The van der Waals surface area contributed by atoms with E-state index in [0.29, 0.717) is 22.7 Å². The molecule has 1 saturated carbocycles. The summed E-state index contributed by atoms with van der Waals surface area (Å²) in [5.41, 5.74) is 13.2. The molecule has 0 radical (unpaired) electrons. The first-order valence-electron chi connectivity index (χ1n) is 10.0. The average molecular weight is 443 g/mol. The lowest BCUT2D eigenvalue weighted by atomic mass is 9.71. The lowest BCUT2D eigenvalue weighted by molar-refractivity contribution is -0.150. The van der Waals surface area contributed by atoms with Crippen LogP contribution >= 0.6 is 0 Å². The van der Waals surface area contributed by atoms with E-state index in [9.17, 15) is 13.2 Å². The van der Waals surface area contributed by atoms with Crippen molar-refractivity contribution in [2.75, 3.05) is 12.8 Å². The molecule has 1 atom stereocenters. The molecular formula is C21H20F3N7O. The maximum absolute atomic E-state index is 12.8. The molecule has 1 aliphatic rings. The van der Waals surface area contributed by atoms with Gasteiger partial charge in [-0.25, -0.2) is 9.97 Å². The highest BCUT2D eigenvalue weighted by molar-refractivity contribution is 5.95. The number of aromatic nitrogens is 5. The molecule has 1 fully saturated rings.